The third kappa shape index (κ3) is 4.35. The molecule has 1 aromatic carbocycles. The number of hydrogen-bond acceptors (Lipinski definition) is 5. The van der Waals surface area contributed by atoms with Crippen molar-refractivity contribution in [3.63, 3.8) is 0 Å². The molecule has 0 saturated carbocycles. The van der Waals surface area contributed by atoms with Crippen molar-refractivity contribution in [2.75, 3.05) is 27.3 Å². The number of carbonyl (C=O) groups excluding carboxylic acids is 1. The highest BCUT2D eigenvalue weighted by Gasteiger charge is 2.42. The molecule has 1 saturated heterocycles. The number of carboxylic acids is 1. The minimum Gasteiger partial charge on any atom is -0.493 e. The topological polar surface area (TPSA) is 85.3 Å². The smallest absolute Gasteiger partial charge is 0.410 e. The van der Waals surface area contributed by atoms with Gasteiger partial charge in [0.15, 0.2) is 11.5 Å². The number of hydrogen-bond donors (Lipinski definition) is 1. The Labute approximate surface area is 147 Å². The Kier molecular flexibility index (Phi) is 5.45. The summed E-state index contributed by atoms with van der Waals surface area (Å²) in [6, 6.07) is 5.31. The van der Waals surface area contributed by atoms with E-state index < -0.39 is 23.6 Å². The summed E-state index contributed by atoms with van der Waals surface area (Å²) in [5.74, 6) is -0.888. The monoisotopic (exact) mass is 351 g/mol. The van der Waals surface area contributed by atoms with Gasteiger partial charge in [-0.05, 0) is 38.5 Å². The van der Waals surface area contributed by atoms with Gasteiger partial charge in [-0.3, -0.25) is 4.79 Å². The summed E-state index contributed by atoms with van der Waals surface area (Å²) in [4.78, 5) is 25.4. The summed E-state index contributed by atoms with van der Waals surface area (Å²) in [5, 5.41) is 9.57. The van der Waals surface area contributed by atoms with E-state index in [9.17, 15) is 14.7 Å². The lowest BCUT2D eigenvalue weighted by Crippen LogP contribution is -2.35. The Morgan fingerprint density at radius 1 is 1.12 bits per heavy atom. The van der Waals surface area contributed by atoms with E-state index in [1.165, 1.54) is 19.1 Å². The zero-order chi connectivity index (χ0) is 18.8. The Balaban J connectivity index is 2.27. The highest BCUT2D eigenvalue weighted by molar-refractivity contribution is 5.76. The molecule has 1 N–H and O–H groups in total. The summed E-state index contributed by atoms with van der Waals surface area (Å²) in [6.07, 6.45) is -0.498. The van der Waals surface area contributed by atoms with Crippen molar-refractivity contribution >= 4 is 12.1 Å². The van der Waals surface area contributed by atoms with Crippen LogP contribution in [0.3, 0.4) is 0 Å². The van der Waals surface area contributed by atoms with Gasteiger partial charge in [0.2, 0.25) is 0 Å². The molecule has 0 bridgehead atoms. The second-order valence-corrected chi connectivity index (χ2v) is 7.05. The molecular weight excluding hydrogens is 326 g/mol. The number of aliphatic carboxylic acids is 1. The first-order valence-electron chi connectivity index (χ1n) is 8.09. The van der Waals surface area contributed by atoms with Crippen LogP contribution < -0.4 is 9.47 Å². The number of carboxylic acid groups (broad SMARTS) is 1. The zero-order valence-corrected chi connectivity index (χ0v) is 15.2. The predicted molar refractivity (Wildman–Crippen MR) is 91.2 cm³/mol. The van der Waals surface area contributed by atoms with Gasteiger partial charge in [-0.15, -0.1) is 0 Å². The minimum atomic E-state index is -0.939. The molecule has 25 heavy (non-hydrogen) atoms. The predicted octanol–water partition coefficient (Wildman–Crippen LogP) is 2.74. The van der Waals surface area contributed by atoms with E-state index in [1.807, 2.05) is 0 Å². The maximum absolute atomic E-state index is 12.3. The Morgan fingerprint density at radius 3 is 2.28 bits per heavy atom. The maximum Gasteiger partial charge on any atom is 0.410 e. The molecule has 1 aliphatic rings. The lowest BCUT2D eigenvalue weighted by Gasteiger charge is -2.24. The van der Waals surface area contributed by atoms with E-state index in [0.29, 0.717) is 11.5 Å². The van der Waals surface area contributed by atoms with Gasteiger partial charge in [0.1, 0.15) is 5.60 Å². The van der Waals surface area contributed by atoms with Crippen LogP contribution in [0.4, 0.5) is 4.79 Å². The molecule has 2 atom stereocenters. The first kappa shape index (κ1) is 18.9. The number of amides is 1. The van der Waals surface area contributed by atoms with Gasteiger partial charge in [0.25, 0.3) is 0 Å². The number of likely N-dealkylation sites (tertiary alicyclic amines) is 1. The van der Waals surface area contributed by atoms with Crippen LogP contribution in [0.1, 0.15) is 32.3 Å². The number of rotatable bonds is 4. The number of ether oxygens (including phenoxy) is 3. The quantitative estimate of drug-likeness (QED) is 0.898. The van der Waals surface area contributed by atoms with Crippen LogP contribution in [-0.2, 0) is 9.53 Å². The Bertz CT molecular complexity index is 651. The van der Waals surface area contributed by atoms with Crippen LogP contribution in [0.2, 0.25) is 0 Å². The first-order valence-corrected chi connectivity index (χ1v) is 8.09. The normalized spacial score (nSPS) is 20.3. The summed E-state index contributed by atoms with van der Waals surface area (Å²) in [6.45, 7) is 5.73. The van der Waals surface area contributed by atoms with E-state index in [-0.39, 0.29) is 19.0 Å². The van der Waals surface area contributed by atoms with Crippen LogP contribution in [0, 0.1) is 5.92 Å². The molecule has 138 valence electrons. The van der Waals surface area contributed by atoms with Gasteiger partial charge in [-0.1, -0.05) is 6.07 Å². The summed E-state index contributed by atoms with van der Waals surface area (Å²) < 4.78 is 15.9. The number of benzene rings is 1. The lowest BCUT2D eigenvalue weighted by molar-refractivity contribution is -0.141. The van der Waals surface area contributed by atoms with Crippen LogP contribution >= 0.6 is 0 Å². The highest BCUT2D eigenvalue weighted by atomic mass is 16.6. The molecule has 7 heteroatoms. The minimum absolute atomic E-state index is 0.114. The summed E-state index contributed by atoms with van der Waals surface area (Å²) in [7, 11) is 3.06. The van der Waals surface area contributed by atoms with Gasteiger partial charge < -0.3 is 24.2 Å². The van der Waals surface area contributed by atoms with Crippen molar-refractivity contribution < 1.29 is 28.9 Å². The average Bonchev–Trinajstić information content (AvgIpc) is 2.98. The van der Waals surface area contributed by atoms with Crippen molar-refractivity contribution in [2.24, 2.45) is 5.92 Å². The molecule has 1 heterocycles. The first-order chi connectivity index (χ1) is 11.7. The molecule has 0 aromatic heterocycles. The summed E-state index contributed by atoms with van der Waals surface area (Å²) in [5.41, 5.74) is 0.160. The fourth-order valence-electron chi connectivity index (χ4n) is 2.95. The molecular formula is C18H25NO6. The standard InChI is InChI=1S/C18H25NO6/c1-18(2,3)25-17(22)19-9-12(13(10-19)16(20)21)11-6-7-14(23-4)15(8-11)24-5/h6-8,12-13H,9-10H2,1-5H3,(H,20,21)/t12-,13+/m1/s1. The lowest BCUT2D eigenvalue weighted by atomic mass is 9.89. The van der Waals surface area contributed by atoms with E-state index >= 15 is 0 Å². The Hall–Kier alpha value is -2.44. The largest absolute Gasteiger partial charge is 0.493 e. The third-order valence-electron chi connectivity index (χ3n) is 4.12. The van der Waals surface area contributed by atoms with Gasteiger partial charge >= 0.3 is 12.1 Å². The SMILES string of the molecule is COc1ccc([C@H]2CN(C(=O)OC(C)(C)C)C[C@@H]2C(=O)O)cc1OC. The molecule has 0 unspecified atom stereocenters. The van der Waals surface area contributed by atoms with Crippen molar-refractivity contribution in [1.82, 2.24) is 4.90 Å². The zero-order valence-electron chi connectivity index (χ0n) is 15.2. The van der Waals surface area contributed by atoms with Gasteiger partial charge in [0, 0.05) is 19.0 Å². The molecule has 0 radical (unpaired) electrons. The molecule has 1 fully saturated rings. The second kappa shape index (κ2) is 7.21. The third-order valence-corrected chi connectivity index (χ3v) is 4.12. The number of methoxy groups -OCH3 is 2. The Morgan fingerprint density at radius 2 is 1.76 bits per heavy atom. The van der Waals surface area contributed by atoms with Gasteiger partial charge in [0.05, 0.1) is 20.1 Å². The van der Waals surface area contributed by atoms with E-state index in [1.54, 1.807) is 39.0 Å². The van der Waals surface area contributed by atoms with Crippen LogP contribution in [0.5, 0.6) is 11.5 Å². The van der Waals surface area contributed by atoms with Crippen LogP contribution in [0.15, 0.2) is 18.2 Å². The molecule has 1 aliphatic heterocycles. The van der Waals surface area contributed by atoms with Gasteiger partial charge in [-0.25, -0.2) is 4.79 Å². The molecule has 7 nitrogen and oxygen atoms in total. The molecule has 1 amide bonds. The van der Waals surface area contributed by atoms with E-state index in [4.69, 9.17) is 14.2 Å². The van der Waals surface area contributed by atoms with Crippen LogP contribution in [0.25, 0.3) is 0 Å². The van der Waals surface area contributed by atoms with Crippen molar-refractivity contribution in [1.29, 1.82) is 0 Å². The van der Waals surface area contributed by atoms with Crippen LogP contribution in [-0.4, -0.2) is 55.0 Å². The fourth-order valence-corrected chi connectivity index (χ4v) is 2.95. The van der Waals surface area contributed by atoms with Crippen molar-refractivity contribution in [2.45, 2.75) is 32.3 Å². The number of nitrogens with zero attached hydrogens (tertiary/aromatic N) is 1. The highest BCUT2D eigenvalue weighted by Crippen LogP contribution is 2.37. The van der Waals surface area contributed by atoms with Gasteiger partial charge in [-0.2, -0.15) is 0 Å². The van der Waals surface area contributed by atoms with E-state index in [0.717, 1.165) is 5.56 Å². The molecule has 0 spiro atoms. The molecule has 2 rings (SSSR count). The molecule has 0 aliphatic carbocycles. The average molecular weight is 351 g/mol. The van der Waals surface area contributed by atoms with E-state index in [2.05, 4.69) is 0 Å². The molecule has 1 aromatic rings. The maximum atomic E-state index is 12.3. The van der Waals surface area contributed by atoms with Crippen molar-refractivity contribution in [3.05, 3.63) is 23.8 Å². The number of carbonyl (C=O) groups is 2. The second-order valence-electron chi connectivity index (χ2n) is 7.05. The van der Waals surface area contributed by atoms with Crippen molar-refractivity contribution in [3.8, 4) is 11.5 Å². The summed E-state index contributed by atoms with van der Waals surface area (Å²) >= 11 is 0. The fraction of sp³-hybridized carbons (Fsp3) is 0.556.